The number of rotatable bonds is 8. The van der Waals surface area contributed by atoms with Gasteiger partial charge < -0.3 is 15.2 Å². The van der Waals surface area contributed by atoms with Crippen molar-refractivity contribution >= 4 is 0 Å². The van der Waals surface area contributed by atoms with E-state index in [0.29, 0.717) is 19.2 Å². The van der Waals surface area contributed by atoms with Gasteiger partial charge in [0.05, 0.1) is 0 Å². The average Bonchev–Trinajstić information content (AvgIpc) is 3.19. The van der Waals surface area contributed by atoms with Crippen LogP contribution in [0.15, 0.2) is 24.3 Å². The number of aliphatic hydroxyl groups excluding tert-OH is 1. The normalized spacial score (nSPS) is 18.1. The van der Waals surface area contributed by atoms with E-state index in [1.165, 1.54) is 19.3 Å². The van der Waals surface area contributed by atoms with E-state index in [9.17, 15) is 5.11 Å². The van der Waals surface area contributed by atoms with Crippen LogP contribution in [0.1, 0.15) is 31.7 Å². The molecular weight excluding hydrogens is 238 g/mol. The van der Waals surface area contributed by atoms with Crippen LogP contribution in [-0.2, 0) is 0 Å². The first-order valence-corrected chi connectivity index (χ1v) is 7.25. The molecule has 0 bridgehead atoms. The number of hydrogen-bond acceptors (Lipinski definition) is 3. The summed E-state index contributed by atoms with van der Waals surface area (Å²) in [5, 5.41) is 13.3. The maximum atomic E-state index is 9.91. The molecule has 0 heterocycles. The molecule has 3 nitrogen and oxygen atoms in total. The summed E-state index contributed by atoms with van der Waals surface area (Å²) >= 11 is 0. The average molecular weight is 263 g/mol. The standard InChI is InChI=1S/C16H25NO2/c1-12-5-3-4-6-16(12)19-11-15(18)10-17-13(2)9-14-7-8-14/h3-6,13-15,17-18H,7-11H2,1-2H3. The Morgan fingerprint density at radius 2 is 2.11 bits per heavy atom. The molecule has 2 N–H and O–H groups in total. The van der Waals surface area contributed by atoms with Gasteiger partial charge in [-0.05, 0) is 37.8 Å². The fourth-order valence-corrected chi connectivity index (χ4v) is 2.24. The van der Waals surface area contributed by atoms with Gasteiger partial charge in [0, 0.05) is 12.6 Å². The minimum Gasteiger partial charge on any atom is -0.491 e. The zero-order chi connectivity index (χ0) is 13.7. The molecule has 1 fully saturated rings. The Morgan fingerprint density at radius 3 is 2.79 bits per heavy atom. The number of ether oxygens (including phenoxy) is 1. The molecule has 1 aliphatic rings. The van der Waals surface area contributed by atoms with E-state index in [1.807, 2.05) is 31.2 Å². The van der Waals surface area contributed by atoms with E-state index < -0.39 is 6.10 Å². The Labute approximate surface area is 116 Å². The third kappa shape index (κ3) is 5.21. The van der Waals surface area contributed by atoms with Gasteiger partial charge in [-0.3, -0.25) is 0 Å². The van der Waals surface area contributed by atoms with Crippen LogP contribution < -0.4 is 10.1 Å². The third-order valence-corrected chi connectivity index (χ3v) is 3.61. The van der Waals surface area contributed by atoms with E-state index in [-0.39, 0.29) is 0 Å². The van der Waals surface area contributed by atoms with Crippen molar-refractivity contribution in [3.8, 4) is 5.75 Å². The number of aryl methyl sites for hydroxylation is 1. The Hall–Kier alpha value is -1.06. The minimum atomic E-state index is -0.457. The smallest absolute Gasteiger partial charge is 0.122 e. The first-order chi connectivity index (χ1) is 9.15. The van der Waals surface area contributed by atoms with Crippen LogP contribution in [0.25, 0.3) is 0 Å². The van der Waals surface area contributed by atoms with Crippen molar-refractivity contribution in [1.82, 2.24) is 5.32 Å². The summed E-state index contributed by atoms with van der Waals surface area (Å²) in [7, 11) is 0. The van der Waals surface area contributed by atoms with Crippen LogP contribution in [0.3, 0.4) is 0 Å². The van der Waals surface area contributed by atoms with E-state index in [2.05, 4.69) is 12.2 Å². The van der Waals surface area contributed by atoms with Gasteiger partial charge in [-0.1, -0.05) is 31.0 Å². The summed E-state index contributed by atoms with van der Waals surface area (Å²) in [5.41, 5.74) is 1.10. The molecule has 0 amide bonds. The summed E-state index contributed by atoms with van der Waals surface area (Å²) in [6, 6.07) is 8.37. The summed E-state index contributed by atoms with van der Waals surface area (Å²) in [6.45, 7) is 5.14. The largest absolute Gasteiger partial charge is 0.491 e. The van der Waals surface area contributed by atoms with Gasteiger partial charge in [-0.2, -0.15) is 0 Å². The Kier molecular flexibility index (Phi) is 5.23. The van der Waals surface area contributed by atoms with Crippen LogP contribution in [0.5, 0.6) is 5.75 Å². The molecule has 0 aliphatic heterocycles. The van der Waals surface area contributed by atoms with Crippen molar-refractivity contribution in [3.05, 3.63) is 29.8 Å². The monoisotopic (exact) mass is 263 g/mol. The van der Waals surface area contributed by atoms with Gasteiger partial charge in [0.25, 0.3) is 0 Å². The first-order valence-electron chi connectivity index (χ1n) is 7.25. The zero-order valence-electron chi connectivity index (χ0n) is 11.9. The second-order valence-electron chi connectivity index (χ2n) is 5.72. The fraction of sp³-hybridized carbons (Fsp3) is 0.625. The molecule has 0 radical (unpaired) electrons. The Morgan fingerprint density at radius 1 is 1.37 bits per heavy atom. The Bertz CT molecular complexity index is 390. The molecule has 19 heavy (non-hydrogen) atoms. The number of nitrogens with one attached hydrogen (secondary N) is 1. The van der Waals surface area contributed by atoms with Gasteiger partial charge in [0.2, 0.25) is 0 Å². The minimum absolute atomic E-state index is 0.341. The highest BCUT2D eigenvalue weighted by molar-refractivity contribution is 5.31. The molecule has 1 aromatic rings. The molecule has 0 saturated heterocycles. The lowest BCUT2D eigenvalue weighted by Gasteiger charge is -2.18. The molecule has 1 aliphatic carbocycles. The van der Waals surface area contributed by atoms with Gasteiger partial charge >= 0.3 is 0 Å². The molecule has 1 saturated carbocycles. The van der Waals surface area contributed by atoms with E-state index in [1.54, 1.807) is 0 Å². The maximum Gasteiger partial charge on any atom is 0.122 e. The fourth-order valence-electron chi connectivity index (χ4n) is 2.24. The topological polar surface area (TPSA) is 41.5 Å². The van der Waals surface area contributed by atoms with Crippen LogP contribution in [0.2, 0.25) is 0 Å². The molecule has 2 unspecified atom stereocenters. The van der Waals surface area contributed by atoms with Crippen LogP contribution in [0, 0.1) is 12.8 Å². The predicted octanol–water partition coefficient (Wildman–Crippen LogP) is 2.51. The van der Waals surface area contributed by atoms with Crippen LogP contribution in [-0.4, -0.2) is 30.4 Å². The molecule has 2 atom stereocenters. The zero-order valence-corrected chi connectivity index (χ0v) is 11.9. The van der Waals surface area contributed by atoms with Crippen molar-refractivity contribution < 1.29 is 9.84 Å². The van der Waals surface area contributed by atoms with Crippen molar-refractivity contribution in [1.29, 1.82) is 0 Å². The second-order valence-corrected chi connectivity index (χ2v) is 5.72. The highest BCUT2D eigenvalue weighted by Crippen LogP contribution is 2.33. The number of benzene rings is 1. The molecule has 1 aromatic carbocycles. The quantitative estimate of drug-likeness (QED) is 0.757. The van der Waals surface area contributed by atoms with Gasteiger partial charge in [0.1, 0.15) is 18.5 Å². The molecule has 2 rings (SSSR count). The van der Waals surface area contributed by atoms with Crippen molar-refractivity contribution in [2.75, 3.05) is 13.2 Å². The highest BCUT2D eigenvalue weighted by Gasteiger charge is 2.23. The first kappa shape index (κ1) is 14.4. The number of aliphatic hydroxyl groups is 1. The summed E-state index contributed by atoms with van der Waals surface area (Å²) in [5.74, 6) is 1.77. The van der Waals surface area contributed by atoms with Crippen molar-refractivity contribution in [2.24, 2.45) is 5.92 Å². The van der Waals surface area contributed by atoms with Gasteiger partial charge in [0.15, 0.2) is 0 Å². The second kappa shape index (κ2) is 6.92. The predicted molar refractivity (Wildman–Crippen MR) is 77.5 cm³/mol. The van der Waals surface area contributed by atoms with Crippen molar-refractivity contribution in [3.63, 3.8) is 0 Å². The molecule has 106 valence electrons. The number of hydrogen-bond donors (Lipinski definition) is 2. The summed E-state index contributed by atoms with van der Waals surface area (Å²) < 4.78 is 5.63. The van der Waals surface area contributed by atoms with E-state index in [0.717, 1.165) is 17.2 Å². The summed E-state index contributed by atoms with van der Waals surface area (Å²) in [4.78, 5) is 0. The third-order valence-electron chi connectivity index (χ3n) is 3.61. The van der Waals surface area contributed by atoms with Gasteiger partial charge in [-0.25, -0.2) is 0 Å². The lowest BCUT2D eigenvalue weighted by molar-refractivity contribution is 0.103. The lowest BCUT2D eigenvalue weighted by atomic mass is 10.1. The van der Waals surface area contributed by atoms with Crippen LogP contribution in [0.4, 0.5) is 0 Å². The van der Waals surface area contributed by atoms with Gasteiger partial charge in [-0.15, -0.1) is 0 Å². The van der Waals surface area contributed by atoms with Crippen molar-refractivity contribution in [2.45, 2.75) is 45.3 Å². The molecule has 0 spiro atoms. The Balaban J connectivity index is 1.63. The maximum absolute atomic E-state index is 9.91. The van der Waals surface area contributed by atoms with E-state index >= 15 is 0 Å². The molecule has 3 heteroatoms. The summed E-state index contributed by atoms with van der Waals surface area (Å²) in [6.07, 6.45) is 3.53. The van der Waals surface area contributed by atoms with Crippen LogP contribution >= 0.6 is 0 Å². The molecule has 0 aromatic heterocycles. The highest BCUT2D eigenvalue weighted by atomic mass is 16.5. The molecular formula is C16H25NO2. The van der Waals surface area contributed by atoms with E-state index in [4.69, 9.17) is 4.74 Å². The SMILES string of the molecule is Cc1ccccc1OCC(O)CNC(C)CC1CC1. The lowest BCUT2D eigenvalue weighted by Crippen LogP contribution is -2.36. The number of para-hydroxylation sites is 1.